The van der Waals surface area contributed by atoms with Gasteiger partial charge in [0.05, 0.1) is 6.61 Å². The number of Topliss-reactive ketones (excluding diaryl/α,β-unsaturated/α-hetero) is 1. The van der Waals surface area contributed by atoms with Crippen LogP contribution < -0.4 is 0 Å². The highest BCUT2D eigenvalue weighted by Gasteiger charge is 2.48. The van der Waals surface area contributed by atoms with Gasteiger partial charge in [0.2, 0.25) is 0 Å². The summed E-state index contributed by atoms with van der Waals surface area (Å²) in [5, 5.41) is 0. The van der Waals surface area contributed by atoms with Gasteiger partial charge in [-0.15, -0.1) is 6.58 Å². The van der Waals surface area contributed by atoms with Crippen molar-refractivity contribution in [2.75, 3.05) is 6.61 Å². The third kappa shape index (κ3) is 2.52. The van der Waals surface area contributed by atoms with E-state index in [9.17, 15) is 9.59 Å². The fourth-order valence-corrected chi connectivity index (χ4v) is 2.33. The van der Waals surface area contributed by atoms with Crippen LogP contribution in [0.2, 0.25) is 0 Å². The molecule has 1 aliphatic carbocycles. The Morgan fingerprint density at radius 2 is 2.38 bits per heavy atom. The van der Waals surface area contributed by atoms with Gasteiger partial charge in [0.25, 0.3) is 0 Å². The lowest BCUT2D eigenvalue weighted by molar-refractivity contribution is -0.159. The second-order valence-electron chi connectivity index (χ2n) is 4.26. The topological polar surface area (TPSA) is 43.4 Å². The number of esters is 1. The fraction of sp³-hybridized carbons (Fsp3) is 0.692. The summed E-state index contributed by atoms with van der Waals surface area (Å²) >= 11 is 0. The molecule has 0 aromatic rings. The van der Waals surface area contributed by atoms with Gasteiger partial charge in [0.15, 0.2) is 0 Å². The van der Waals surface area contributed by atoms with E-state index >= 15 is 0 Å². The Morgan fingerprint density at radius 1 is 1.62 bits per heavy atom. The molecule has 0 aromatic carbocycles. The van der Waals surface area contributed by atoms with Crippen LogP contribution in [0.5, 0.6) is 0 Å². The van der Waals surface area contributed by atoms with Crippen molar-refractivity contribution >= 4 is 11.8 Å². The van der Waals surface area contributed by atoms with E-state index in [1.165, 1.54) is 0 Å². The van der Waals surface area contributed by atoms with E-state index in [4.69, 9.17) is 4.74 Å². The zero-order valence-corrected chi connectivity index (χ0v) is 9.96. The number of ether oxygens (including phenoxy) is 1. The predicted molar refractivity (Wildman–Crippen MR) is 62.0 cm³/mol. The van der Waals surface area contributed by atoms with Crippen molar-refractivity contribution in [1.82, 2.24) is 0 Å². The molecule has 16 heavy (non-hydrogen) atoms. The maximum Gasteiger partial charge on any atom is 0.319 e. The number of allylic oxidation sites excluding steroid dienone is 1. The van der Waals surface area contributed by atoms with Gasteiger partial charge in [-0.05, 0) is 39.0 Å². The van der Waals surface area contributed by atoms with Crippen LogP contribution in [0.4, 0.5) is 0 Å². The lowest BCUT2D eigenvalue weighted by Crippen LogP contribution is -2.36. The van der Waals surface area contributed by atoms with Crippen LogP contribution in [0.15, 0.2) is 12.7 Å². The molecular formula is C13H20O3. The summed E-state index contributed by atoms with van der Waals surface area (Å²) in [5.41, 5.74) is -0.834. The van der Waals surface area contributed by atoms with Gasteiger partial charge in [-0.25, -0.2) is 0 Å². The van der Waals surface area contributed by atoms with Crippen molar-refractivity contribution < 1.29 is 14.3 Å². The van der Waals surface area contributed by atoms with Crippen LogP contribution in [0.3, 0.4) is 0 Å². The Kier molecular flexibility index (Phi) is 4.71. The van der Waals surface area contributed by atoms with E-state index in [1.807, 2.05) is 6.08 Å². The number of ketones is 1. The van der Waals surface area contributed by atoms with Crippen molar-refractivity contribution in [3.8, 4) is 0 Å². The highest BCUT2D eigenvalue weighted by molar-refractivity contribution is 6.05. The number of hydrogen-bond acceptors (Lipinski definition) is 3. The SMILES string of the molecule is C=CCCC[C@]1(C(=O)OCC)CCCC1=O. The number of unbranched alkanes of at least 4 members (excludes halogenated alkanes) is 1. The molecule has 0 saturated heterocycles. The van der Waals surface area contributed by atoms with Gasteiger partial charge in [0, 0.05) is 6.42 Å². The van der Waals surface area contributed by atoms with Gasteiger partial charge >= 0.3 is 5.97 Å². The molecule has 0 radical (unpaired) electrons. The molecule has 3 nitrogen and oxygen atoms in total. The summed E-state index contributed by atoms with van der Waals surface area (Å²) in [7, 11) is 0. The summed E-state index contributed by atoms with van der Waals surface area (Å²) in [5.74, 6) is -0.253. The van der Waals surface area contributed by atoms with E-state index in [1.54, 1.807) is 6.92 Å². The number of carbonyl (C=O) groups is 2. The van der Waals surface area contributed by atoms with Gasteiger partial charge in [-0.1, -0.05) is 6.08 Å². The standard InChI is InChI=1S/C13H20O3/c1-3-5-6-9-13(12(15)16-4-2)10-7-8-11(13)14/h3H,1,4-10H2,2H3/t13-/m0/s1. The van der Waals surface area contributed by atoms with Crippen molar-refractivity contribution in [3.63, 3.8) is 0 Å². The Balaban J connectivity index is 2.72. The lowest BCUT2D eigenvalue weighted by atomic mass is 9.80. The molecule has 0 N–H and O–H groups in total. The first-order valence-corrected chi connectivity index (χ1v) is 5.99. The van der Waals surface area contributed by atoms with E-state index in [0.29, 0.717) is 25.9 Å². The van der Waals surface area contributed by atoms with Crippen LogP contribution in [0.25, 0.3) is 0 Å². The molecule has 0 aromatic heterocycles. The molecule has 0 amide bonds. The lowest BCUT2D eigenvalue weighted by Gasteiger charge is -2.24. The normalized spacial score (nSPS) is 24.4. The molecule has 1 rings (SSSR count). The third-order valence-electron chi connectivity index (χ3n) is 3.22. The van der Waals surface area contributed by atoms with Gasteiger partial charge in [-0.3, -0.25) is 9.59 Å². The molecule has 0 spiro atoms. The van der Waals surface area contributed by atoms with Crippen molar-refractivity contribution in [3.05, 3.63) is 12.7 Å². The van der Waals surface area contributed by atoms with Crippen LogP contribution in [0.1, 0.15) is 45.4 Å². The van der Waals surface area contributed by atoms with Crippen LogP contribution in [-0.4, -0.2) is 18.4 Å². The van der Waals surface area contributed by atoms with E-state index in [2.05, 4.69) is 6.58 Å². The maximum absolute atomic E-state index is 11.9. The summed E-state index contributed by atoms with van der Waals surface area (Å²) in [6.07, 6.45) is 6.08. The molecule has 1 fully saturated rings. The largest absolute Gasteiger partial charge is 0.465 e. The molecule has 0 aliphatic heterocycles. The second-order valence-corrected chi connectivity index (χ2v) is 4.26. The minimum Gasteiger partial charge on any atom is -0.465 e. The van der Waals surface area contributed by atoms with E-state index < -0.39 is 5.41 Å². The monoisotopic (exact) mass is 224 g/mol. The molecular weight excluding hydrogens is 204 g/mol. The molecule has 0 unspecified atom stereocenters. The first kappa shape index (κ1) is 12.9. The second kappa shape index (κ2) is 5.83. The van der Waals surface area contributed by atoms with Crippen LogP contribution in [0, 0.1) is 5.41 Å². The Morgan fingerprint density at radius 3 is 2.88 bits per heavy atom. The quantitative estimate of drug-likeness (QED) is 0.301. The third-order valence-corrected chi connectivity index (χ3v) is 3.22. The minimum atomic E-state index is -0.834. The summed E-state index contributed by atoms with van der Waals surface area (Å²) in [4.78, 5) is 23.8. The highest BCUT2D eigenvalue weighted by Crippen LogP contribution is 2.40. The van der Waals surface area contributed by atoms with Crippen molar-refractivity contribution in [2.45, 2.75) is 45.4 Å². The molecule has 3 heteroatoms. The molecule has 1 atom stereocenters. The van der Waals surface area contributed by atoms with Crippen molar-refractivity contribution in [2.24, 2.45) is 5.41 Å². The average Bonchev–Trinajstić information content (AvgIpc) is 2.62. The van der Waals surface area contributed by atoms with Gasteiger partial charge in [0.1, 0.15) is 11.2 Å². The maximum atomic E-state index is 11.9. The van der Waals surface area contributed by atoms with Crippen LogP contribution in [-0.2, 0) is 14.3 Å². The first-order chi connectivity index (χ1) is 7.67. The molecule has 1 saturated carbocycles. The Bertz CT molecular complexity index is 283. The molecule has 1 aliphatic rings. The zero-order valence-electron chi connectivity index (χ0n) is 9.96. The average molecular weight is 224 g/mol. The summed E-state index contributed by atoms with van der Waals surface area (Å²) in [6, 6.07) is 0. The highest BCUT2D eigenvalue weighted by atomic mass is 16.5. The summed E-state index contributed by atoms with van der Waals surface area (Å²) < 4.78 is 5.04. The zero-order chi connectivity index (χ0) is 12.0. The van der Waals surface area contributed by atoms with Gasteiger partial charge < -0.3 is 4.74 Å². The fourth-order valence-electron chi connectivity index (χ4n) is 2.33. The number of hydrogen-bond donors (Lipinski definition) is 0. The Hall–Kier alpha value is -1.12. The smallest absolute Gasteiger partial charge is 0.319 e. The van der Waals surface area contributed by atoms with Crippen LogP contribution >= 0.6 is 0 Å². The van der Waals surface area contributed by atoms with Gasteiger partial charge in [-0.2, -0.15) is 0 Å². The van der Waals surface area contributed by atoms with E-state index in [-0.39, 0.29) is 11.8 Å². The predicted octanol–water partition coefficient (Wildman–Crippen LogP) is 2.65. The molecule has 0 heterocycles. The minimum absolute atomic E-state index is 0.0648. The first-order valence-electron chi connectivity index (χ1n) is 5.99. The van der Waals surface area contributed by atoms with E-state index in [0.717, 1.165) is 19.3 Å². The Labute approximate surface area is 96.9 Å². The number of rotatable bonds is 6. The number of carbonyl (C=O) groups excluding carboxylic acids is 2. The summed E-state index contributed by atoms with van der Waals surface area (Å²) in [6.45, 7) is 5.76. The molecule has 0 bridgehead atoms. The van der Waals surface area contributed by atoms with Crippen molar-refractivity contribution in [1.29, 1.82) is 0 Å². The molecule has 90 valence electrons.